The third kappa shape index (κ3) is 4.57. The molecule has 0 amide bonds. The second-order valence-electron chi connectivity index (χ2n) is 6.29. The fourth-order valence-corrected chi connectivity index (χ4v) is 2.89. The van der Waals surface area contributed by atoms with Crippen LogP contribution >= 0.6 is 0 Å². The summed E-state index contributed by atoms with van der Waals surface area (Å²) in [5.74, 6) is 0.520. The van der Waals surface area contributed by atoms with E-state index in [9.17, 15) is 0 Å². The molecule has 1 aliphatic rings. The summed E-state index contributed by atoms with van der Waals surface area (Å²) in [4.78, 5) is 2.58. The number of nitrogens with zero attached hydrogens (tertiary/aromatic N) is 1. The number of ether oxygens (including phenoxy) is 1. The van der Waals surface area contributed by atoms with Gasteiger partial charge in [-0.2, -0.15) is 0 Å². The van der Waals surface area contributed by atoms with Crippen LogP contribution in [0.5, 0.6) is 0 Å². The van der Waals surface area contributed by atoms with Gasteiger partial charge in [-0.1, -0.05) is 20.8 Å². The molecule has 0 spiro atoms. The van der Waals surface area contributed by atoms with Crippen molar-refractivity contribution in [2.45, 2.75) is 46.1 Å². The van der Waals surface area contributed by atoms with Crippen molar-refractivity contribution in [3.05, 3.63) is 0 Å². The Balaban J connectivity index is 2.57. The van der Waals surface area contributed by atoms with Crippen LogP contribution in [-0.2, 0) is 4.74 Å². The van der Waals surface area contributed by atoms with E-state index < -0.39 is 0 Å². The van der Waals surface area contributed by atoms with Gasteiger partial charge in [-0.25, -0.2) is 0 Å². The molecule has 0 aromatic carbocycles. The molecule has 0 aromatic heterocycles. The molecule has 0 radical (unpaired) electrons. The van der Waals surface area contributed by atoms with Crippen molar-refractivity contribution in [3.8, 4) is 0 Å². The molecule has 1 saturated heterocycles. The average Bonchev–Trinajstić information content (AvgIpc) is 2.42. The summed E-state index contributed by atoms with van der Waals surface area (Å²) in [6.07, 6.45) is 3.91. The molecule has 1 rings (SSSR count). The number of methoxy groups -OCH3 is 1. The van der Waals surface area contributed by atoms with E-state index in [4.69, 9.17) is 10.5 Å². The molecule has 0 aromatic rings. The highest BCUT2D eigenvalue weighted by Crippen LogP contribution is 2.31. The summed E-state index contributed by atoms with van der Waals surface area (Å²) < 4.78 is 5.27. The minimum Gasteiger partial charge on any atom is -0.384 e. The zero-order chi connectivity index (χ0) is 12.9. The Kier molecular flexibility index (Phi) is 5.90. The number of likely N-dealkylation sites (tertiary alicyclic amines) is 1. The lowest BCUT2D eigenvalue weighted by molar-refractivity contribution is 0.0851. The van der Waals surface area contributed by atoms with Crippen molar-refractivity contribution in [3.63, 3.8) is 0 Å². The monoisotopic (exact) mass is 242 g/mol. The van der Waals surface area contributed by atoms with E-state index in [-0.39, 0.29) is 0 Å². The number of hydrogen-bond donors (Lipinski definition) is 1. The van der Waals surface area contributed by atoms with Crippen molar-refractivity contribution in [1.82, 2.24) is 4.90 Å². The lowest BCUT2D eigenvalue weighted by Crippen LogP contribution is -2.46. The largest absolute Gasteiger partial charge is 0.384 e. The first-order chi connectivity index (χ1) is 8.00. The van der Waals surface area contributed by atoms with E-state index in [0.717, 1.165) is 13.2 Å². The normalized spacial score (nSPS) is 25.2. The quantitative estimate of drug-likeness (QED) is 0.802. The Bertz CT molecular complexity index is 218. The molecule has 1 aliphatic heterocycles. The molecule has 3 nitrogen and oxygen atoms in total. The van der Waals surface area contributed by atoms with Gasteiger partial charge in [0.25, 0.3) is 0 Å². The van der Waals surface area contributed by atoms with Crippen LogP contribution in [0.2, 0.25) is 0 Å². The Morgan fingerprint density at radius 3 is 2.59 bits per heavy atom. The van der Waals surface area contributed by atoms with Gasteiger partial charge in [-0.05, 0) is 43.7 Å². The SMILES string of the molecule is COCC(C)C(CN)N1CCCC(C)(C)CC1. The molecular weight excluding hydrogens is 212 g/mol. The molecule has 17 heavy (non-hydrogen) atoms. The van der Waals surface area contributed by atoms with Gasteiger partial charge in [0.15, 0.2) is 0 Å². The molecule has 1 fully saturated rings. The lowest BCUT2D eigenvalue weighted by Gasteiger charge is -2.34. The summed E-state index contributed by atoms with van der Waals surface area (Å²) in [7, 11) is 1.77. The Morgan fingerprint density at radius 2 is 2.00 bits per heavy atom. The highest BCUT2D eigenvalue weighted by molar-refractivity contribution is 4.83. The molecular formula is C14H30N2O. The van der Waals surface area contributed by atoms with E-state index in [1.54, 1.807) is 7.11 Å². The fourth-order valence-electron chi connectivity index (χ4n) is 2.89. The van der Waals surface area contributed by atoms with Gasteiger partial charge >= 0.3 is 0 Å². The lowest BCUT2D eigenvalue weighted by atomic mass is 9.85. The van der Waals surface area contributed by atoms with E-state index in [0.29, 0.717) is 17.4 Å². The summed E-state index contributed by atoms with van der Waals surface area (Å²) in [5.41, 5.74) is 6.45. The zero-order valence-corrected chi connectivity index (χ0v) is 12.0. The third-order valence-electron chi connectivity index (χ3n) is 4.17. The first-order valence-corrected chi connectivity index (χ1v) is 6.93. The molecule has 0 saturated carbocycles. The van der Waals surface area contributed by atoms with Crippen LogP contribution in [-0.4, -0.2) is 44.3 Å². The molecule has 2 unspecified atom stereocenters. The maximum atomic E-state index is 5.96. The Hall–Kier alpha value is -0.120. The minimum atomic E-state index is 0.476. The fraction of sp³-hybridized carbons (Fsp3) is 1.00. The summed E-state index contributed by atoms with van der Waals surface area (Å²) >= 11 is 0. The van der Waals surface area contributed by atoms with Gasteiger partial charge in [0.1, 0.15) is 0 Å². The van der Waals surface area contributed by atoms with Crippen molar-refractivity contribution >= 4 is 0 Å². The van der Waals surface area contributed by atoms with Crippen LogP contribution in [0, 0.1) is 11.3 Å². The first kappa shape index (κ1) is 14.9. The van der Waals surface area contributed by atoms with Crippen molar-refractivity contribution in [2.75, 3.05) is 33.4 Å². The van der Waals surface area contributed by atoms with Gasteiger partial charge in [-0.15, -0.1) is 0 Å². The second kappa shape index (κ2) is 6.72. The van der Waals surface area contributed by atoms with Crippen LogP contribution < -0.4 is 5.73 Å². The van der Waals surface area contributed by atoms with E-state index in [2.05, 4.69) is 25.7 Å². The van der Waals surface area contributed by atoms with E-state index in [1.165, 1.54) is 32.4 Å². The van der Waals surface area contributed by atoms with Gasteiger partial charge < -0.3 is 10.5 Å². The number of hydrogen-bond acceptors (Lipinski definition) is 3. The maximum Gasteiger partial charge on any atom is 0.0503 e. The van der Waals surface area contributed by atoms with Crippen molar-refractivity contribution < 1.29 is 4.74 Å². The number of rotatable bonds is 5. The predicted molar refractivity (Wildman–Crippen MR) is 73.1 cm³/mol. The van der Waals surface area contributed by atoms with Crippen molar-refractivity contribution in [2.24, 2.45) is 17.1 Å². The zero-order valence-electron chi connectivity index (χ0n) is 12.0. The van der Waals surface area contributed by atoms with E-state index >= 15 is 0 Å². The molecule has 2 N–H and O–H groups in total. The molecule has 102 valence electrons. The summed E-state index contributed by atoms with van der Waals surface area (Å²) in [6, 6.07) is 0.476. The molecule has 0 bridgehead atoms. The molecule has 3 heteroatoms. The maximum absolute atomic E-state index is 5.96. The highest BCUT2D eigenvalue weighted by atomic mass is 16.5. The Morgan fingerprint density at radius 1 is 1.29 bits per heavy atom. The standard InChI is InChI=1S/C14H30N2O/c1-12(11-17-4)13(10-15)16-8-5-6-14(2,3)7-9-16/h12-13H,5-11,15H2,1-4H3. The van der Waals surface area contributed by atoms with Crippen molar-refractivity contribution in [1.29, 1.82) is 0 Å². The predicted octanol–water partition coefficient (Wildman–Crippen LogP) is 2.11. The summed E-state index contributed by atoms with van der Waals surface area (Å²) in [5, 5.41) is 0. The smallest absolute Gasteiger partial charge is 0.0503 e. The molecule has 0 aliphatic carbocycles. The Labute approximate surface area is 107 Å². The third-order valence-corrected chi connectivity index (χ3v) is 4.17. The van der Waals surface area contributed by atoms with E-state index in [1.807, 2.05) is 0 Å². The topological polar surface area (TPSA) is 38.5 Å². The average molecular weight is 242 g/mol. The van der Waals surface area contributed by atoms with Gasteiger partial charge in [0.2, 0.25) is 0 Å². The van der Waals surface area contributed by atoms with Gasteiger partial charge in [-0.3, -0.25) is 4.90 Å². The van der Waals surface area contributed by atoms with Crippen LogP contribution in [0.15, 0.2) is 0 Å². The first-order valence-electron chi connectivity index (χ1n) is 6.93. The highest BCUT2D eigenvalue weighted by Gasteiger charge is 2.28. The second-order valence-corrected chi connectivity index (χ2v) is 6.29. The minimum absolute atomic E-state index is 0.476. The van der Waals surface area contributed by atoms with Gasteiger partial charge in [0, 0.05) is 19.7 Å². The van der Waals surface area contributed by atoms with Crippen LogP contribution in [0.4, 0.5) is 0 Å². The van der Waals surface area contributed by atoms with Crippen LogP contribution in [0.1, 0.15) is 40.0 Å². The molecule has 2 atom stereocenters. The van der Waals surface area contributed by atoms with Crippen LogP contribution in [0.3, 0.4) is 0 Å². The molecule has 1 heterocycles. The van der Waals surface area contributed by atoms with Gasteiger partial charge in [0.05, 0.1) is 6.61 Å². The van der Waals surface area contributed by atoms with Crippen LogP contribution in [0.25, 0.3) is 0 Å². The number of nitrogens with two attached hydrogens (primary N) is 1. The summed E-state index contributed by atoms with van der Waals surface area (Å²) in [6.45, 7) is 10.9.